The van der Waals surface area contributed by atoms with Crippen molar-refractivity contribution in [1.29, 1.82) is 0 Å². The van der Waals surface area contributed by atoms with Crippen molar-refractivity contribution in [2.45, 2.75) is 20.0 Å². The van der Waals surface area contributed by atoms with Gasteiger partial charge in [0.25, 0.3) is 0 Å². The maximum atomic E-state index is 12.9. The van der Waals surface area contributed by atoms with Crippen LogP contribution in [0, 0.1) is 5.82 Å². The summed E-state index contributed by atoms with van der Waals surface area (Å²) in [6.45, 7) is 2.60. The minimum Gasteiger partial charge on any atom is -0.490 e. The highest BCUT2D eigenvalue weighted by molar-refractivity contribution is 9.10. The van der Waals surface area contributed by atoms with Gasteiger partial charge in [0.15, 0.2) is 11.5 Å². The Balaban J connectivity index is 1.58. The largest absolute Gasteiger partial charge is 0.490 e. The normalized spacial score (nSPS) is 10.7. The first-order chi connectivity index (χ1) is 16.8. The van der Waals surface area contributed by atoms with E-state index in [1.165, 1.54) is 30.5 Å². The van der Waals surface area contributed by atoms with E-state index < -0.39 is 24.1 Å². The molecule has 0 aliphatic rings. The summed E-state index contributed by atoms with van der Waals surface area (Å²) in [6.07, 6.45) is 0.978. The predicted molar refractivity (Wildman–Crippen MR) is 136 cm³/mol. The number of amides is 2. The third-order valence-corrected chi connectivity index (χ3v) is 5.32. The maximum absolute atomic E-state index is 12.9. The molecule has 0 aliphatic heterocycles. The third kappa shape index (κ3) is 8.38. The lowest BCUT2D eigenvalue weighted by atomic mass is 10.2. The van der Waals surface area contributed by atoms with Crippen molar-refractivity contribution in [2.75, 3.05) is 11.9 Å². The molecule has 0 atom stereocenters. The molecule has 0 saturated heterocycles. The zero-order chi connectivity index (χ0) is 25.2. The van der Waals surface area contributed by atoms with Crippen molar-refractivity contribution in [3.63, 3.8) is 0 Å². The average molecular weight is 563 g/mol. The Bertz CT molecular complexity index is 1200. The lowest BCUT2D eigenvalue weighted by molar-refractivity contribution is -0.126. The van der Waals surface area contributed by atoms with Gasteiger partial charge in [-0.3, -0.25) is 9.59 Å². The SMILES string of the molecule is CCOc1cc(C=NNC(=O)CC(=O)Nc2ccc(F)cc2)cc(Br)c1OCc1ccc(Cl)cc1. The smallest absolute Gasteiger partial charge is 0.249 e. The van der Waals surface area contributed by atoms with Gasteiger partial charge < -0.3 is 14.8 Å². The van der Waals surface area contributed by atoms with Crippen LogP contribution >= 0.6 is 27.5 Å². The fourth-order valence-electron chi connectivity index (χ4n) is 2.90. The molecular formula is C25H22BrClFN3O4. The number of carbonyl (C=O) groups is 2. The molecule has 0 aliphatic carbocycles. The van der Waals surface area contributed by atoms with E-state index in [4.69, 9.17) is 21.1 Å². The van der Waals surface area contributed by atoms with Crippen LogP contribution in [0.3, 0.4) is 0 Å². The molecule has 3 rings (SSSR count). The number of benzene rings is 3. The van der Waals surface area contributed by atoms with Crippen LogP contribution in [0.15, 0.2) is 70.2 Å². The Morgan fingerprint density at radius 2 is 1.77 bits per heavy atom. The monoisotopic (exact) mass is 561 g/mol. The molecule has 3 aromatic carbocycles. The zero-order valence-electron chi connectivity index (χ0n) is 18.7. The minimum absolute atomic E-state index is 0.319. The molecule has 35 heavy (non-hydrogen) atoms. The van der Waals surface area contributed by atoms with Crippen molar-refractivity contribution in [2.24, 2.45) is 5.10 Å². The van der Waals surface area contributed by atoms with Crippen LogP contribution in [0.25, 0.3) is 0 Å². The number of carbonyl (C=O) groups excluding carboxylic acids is 2. The Hall–Kier alpha value is -3.43. The van der Waals surface area contributed by atoms with Gasteiger partial charge in [-0.15, -0.1) is 0 Å². The fourth-order valence-corrected chi connectivity index (χ4v) is 3.60. The predicted octanol–water partition coefficient (Wildman–Crippen LogP) is 5.70. The van der Waals surface area contributed by atoms with Crippen molar-refractivity contribution in [3.8, 4) is 11.5 Å². The lowest BCUT2D eigenvalue weighted by Gasteiger charge is -2.14. The number of nitrogens with zero attached hydrogens (tertiary/aromatic N) is 1. The van der Waals surface area contributed by atoms with Gasteiger partial charge >= 0.3 is 0 Å². The number of halogens is 3. The molecule has 0 aromatic heterocycles. The highest BCUT2D eigenvalue weighted by Crippen LogP contribution is 2.37. The van der Waals surface area contributed by atoms with E-state index in [1.807, 2.05) is 19.1 Å². The summed E-state index contributed by atoms with van der Waals surface area (Å²) in [4.78, 5) is 24.0. The van der Waals surface area contributed by atoms with Crippen LogP contribution < -0.4 is 20.2 Å². The zero-order valence-corrected chi connectivity index (χ0v) is 21.0. The van der Waals surface area contributed by atoms with E-state index in [9.17, 15) is 14.0 Å². The number of hydrogen-bond donors (Lipinski definition) is 2. The number of rotatable bonds is 10. The molecule has 182 valence electrons. The summed E-state index contributed by atoms with van der Waals surface area (Å²) in [5, 5.41) is 7.06. The van der Waals surface area contributed by atoms with Gasteiger partial charge in [-0.05, 0) is 82.5 Å². The number of nitrogens with one attached hydrogen (secondary N) is 2. The first-order valence-electron chi connectivity index (χ1n) is 10.5. The second-order valence-corrected chi connectivity index (χ2v) is 8.49. The Kier molecular flexibility index (Phi) is 9.63. The minimum atomic E-state index is -0.604. The second-order valence-electron chi connectivity index (χ2n) is 7.20. The molecule has 2 N–H and O–H groups in total. The van der Waals surface area contributed by atoms with E-state index in [-0.39, 0.29) is 0 Å². The highest BCUT2D eigenvalue weighted by Gasteiger charge is 2.13. The van der Waals surface area contributed by atoms with Crippen LogP contribution in [0.5, 0.6) is 11.5 Å². The average Bonchev–Trinajstić information content (AvgIpc) is 2.81. The molecule has 2 amide bonds. The molecule has 3 aromatic rings. The standard InChI is InChI=1S/C25H22BrClFN3O4/c1-2-34-22-12-17(11-21(26)25(22)35-15-16-3-5-18(27)6-4-16)14-29-31-24(33)13-23(32)30-20-9-7-19(28)8-10-20/h3-12,14H,2,13,15H2,1H3,(H,30,32)(H,31,33). The van der Waals surface area contributed by atoms with E-state index in [0.29, 0.717) is 45.5 Å². The number of anilines is 1. The molecule has 7 nitrogen and oxygen atoms in total. The van der Waals surface area contributed by atoms with E-state index in [0.717, 1.165) is 5.56 Å². The van der Waals surface area contributed by atoms with Crippen molar-refractivity contribution >= 4 is 51.2 Å². The Morgan fingerprint density at radius 3 is 2.46 bits per heavy atom. The molecule has 0 fully saturated rings. The molecule has 0 spiro atoms. The molecule has 0 heterocycles. The molecule has 10 heteroatoms. The van der Waals surface area contributed by atoms with E-state index >= 15 is 0 Å². The molecule has 0 saturated carbocycles. The van der Waals surface area contributed by atoms with Gasteiger partial charge in [-0.25, -0.2) is 9.82 Å². The molecule has 0 bridgehead atoms. The van der Waals surface area contributed by atoms with Gasteiger partial charge in [-0.1, -0.05) is 23.7 Å². The summed E-state index contributed by atoms with van der Waals surface area (Å²) in [6, 6.07) is 16.0. The Labute approximate surface area is 215 Å². The van der Waals surface area contributed by atoms with Crippen LogP contribution in [0.1, 0.15) is 24.5 Å². The van der Waals surface area contributed by atoms with Gasteiger partial charge in [0.1, 0.15) is 18.8 Å². The van der Waals surface area contributed by atoms with Crippen LogP contribution in [-0.2, 0) is 16.2 Å². The second kappa shape index (κ2) is 12.9. The van der Waals surface area contributed by atoms with Crippen molar-refractivity contribution < 1.29 is 23.5 Å². The summed E-state index contributed by atoms with van der Waals surface area (Å²) < 4.78 is 25.2. The topological polar surface area (TPSA) is 89.0 Å². The fraction of sp³-hybridized carbons (Fsp3) is 0.160. The van der Waals surface area contributed by atoms with E-state index in [2.05, 4.69) is 31.8 Å². The summed E-state index contributed by atoms with van der Waals surface area (Å²) >= 11 is 9.41. The molecule has 0 radical (unpaired) electrons. The lowest BCUT2D eigenvalue weighted by Crippen LogP contribution is -2.24. The van der Waals surface area contributed by atoms with Gasteiger partial charge in [-0.2, -0.15) is 5.10 Å². The van der Waals surface area contributed by atoms with Crippen LogP contribution in [0.2, 0.25) is 5.02 Å². The van der Waals surface area contributed by atoms with Crippen LogP contribution in [0.4, 0.5) is 10.1 Å². The highest BCUT2D eigenvalue weighted by atomic mass is 79.9. The number of ether oxygens (including phenoxy) is 2. The van der Waals surface area contributed by atoms with Crippen molar-refractivity contribution in [1.82, 2.24) is 5.43 Å². The summed E-state index contributed by atoms with van der Waals surface area (Å²) in [5.41, 5.74) is 4.27. The Morgan fingerprint density at radius 1 is 1.06 bits per heavy atom. The maximum Gasteiger partial charge on any atom is 0.249 e. The number of hydrogen-bond acceptors (Lipinski definition) is 5. The van der Waals surface area contributed by atoms with Crippen LogP contribution in [-0.4, -0.2) is 24.6 Å². The first-order valence-corrected chi connectivity index (χ1v) is 11.7. The number of hydrazone groups is 1. The summed E-state index contributed by atoms with van der Waals surface area (Å²) in [7, 11) is 0. The molecule has 0 unspecified atom stereocenters. The first kappa shape index (κ1) is 26.2. The third-order valence-electron chi connectivity index (χ3n) is 4.48. The van der Waals surface area contributed by atoms with Gasteiger partial charge in [0, 0.05) is 10.7 Å². The summed E-state index contributed by atoms with van der Waals surface area (Å²) in [5.74, 6) is -0.543. The molecular weight excluding hydrogens is 541 g/mol. The quantitative estimate of drug-likeness (QED) is 0.189. The van der Waals surface area contributed by atoms with Gasteiger partial charge in [0.2, 0.25) is 11.8 Å². The van der Waals surface area contributed by atoms with Crippen molar-refractivity contribution in [3.05, 3.63) is 87.1 Å². The van der Waals surface area contributed by atoms with Gasteiger partial charge in [0.05, 0.1) is 17.3 Å². The van der Waals surface area contributed by atoms with E-state index in [1.54, 1.807) is 24.3 Å².